The van der Waals surface area contributed by atoms with Gasteiger partial charge in [-0.3, -0.25) is 9.69 Å². The third kappa shape index (κ3) is 5.61. The minimum Gasteiger partial charge on any atom is -0.465 e. The largest absolute Gasteiger partial charge is 0.465 e. The Kier molecular flexibility index (Phi) is 7.52. The first-order valence-electron chi connectivity index (χ1n) is 8.45. The van der Waals surface area contributed by atoms with Crippen LogP contribution in [0.3, 0.4) is 0 Å². The highest BCUT2D eigenvalue weighted by atomic mass is 79.9. The van der Waals surface area contributed by atoms with E-state index in [2.05, 4.69) is 51.4 Å². The van der Waals surface area contributed by atoms with Crippen LogP contribution in [0.1, 0.15) is 44.6 Å². The number of benzene rings is 1. The minimum absolute atomic E-state index is 0.00804. The number of rotatable bonds is 9. The van der Waals surface area contributed by atoms with Crippen LogP contribution in [0.2, 0.25) is 0 Å². The normalized spacial score (nSPS) is 12.4. The van der Waals surface area contributed by atoms with Gasteiger partial charge in [-0.1, -0.05) is 35.0 Å². The van der Waals surface area contributed by atoms with Crippen molar-refractivity contribution in [1.29, 1.82) is 0 Å². The van der Waals surface area contributed by atoms with Gasteiger partial charge >= 0.3 is 5.97 Å². The molecule has 0 saturated carbocycles. The quantitative estimate of drug-likeness (QED) is 0.592. The van der Waals surface area contributed by atoms with Gasteiger partial charge in [0.1, 0.15) is 0 Å². The van der Waals surface area contributed by atoms with Crippen molar-refractivity contribution in [1.82, 2.24) is 25.1 Å². The number of ether oxygens (including phenoxy) is 1. The maximum absolute atomic E-state index is 12.1. The lowest BCUT2D eigenvalue weighted by molar-refractivity contribution is -0.145. The average Bonchev–Trinajstić information content (AvgIpc) is 3.01. The Morgan fingerprint density at radius 3 is 2.88 bits per heavy atom. The van der Waals surface area contributed by atoms with Crippen molar-refractivity contribution in [2.75, 3.05) is 13.2 Å². The zero-order chi connectivity index (χ0) is 18.2. The summed E-state index contributed by atoms with van der Waals surface area (Å²) >= 11 is 3.50. The summed E-state index contributed by atoms with van der Waals surface area (Å²) in [6.07, 6.45) is 0.942. The van der Waals surface area contributed by atoms with Crippen LogP contribution in [0.5, 0.6) is 0 Å². The summed E-state index contributed by atoms with van der Waals surface area (Å²) in [5, 5.41) is 11.9. The lowest BCUT2D eigenvalue weighted by Crippen LogP contribution is -2.34. The molecule has 1 aromatic carbocycles. The second-order valence-corrected chi connectivity index (χ2v) is 6.67. The van der Waals surface area contributed by atoms with Crippen molar-refractivity contribution < 1.29 is 9.53 Å². The number of tetrazole rings is 1. The molecule has 136 valence electrons. The second kappa shape index (κ2) is 9.62. The highest BCUT2D eigenvalue weighted by molar-refractivity contribution is 9.10. The fourth-order valence-electron chi connectivity index (χ4n) is 2.58. The van der Waals surface area contributed by atoms with Gasteiger partial charge in [-0.15, -0.1) is 5.10 Å². The molecule has 0 aliphatic rings. The molecule has 25 heavy (non-hydrogen) atoms. The van der Waals surface area contributed by atoms with Gasteiger partial charge in [-0.05, 0) is 48.4 Å². The highest BCUT2D eigenvalue weighted by Crippen LogP contribution is 2.24. The molecule has 0 amide bonds. The Labute approximate surface area is 156 Å². The lowest BCUT2D eigenvalue weighted by atomic mass is 10.1. The van der Waals surface area contributed by atoms with Crippen molar-refractivity contribution in [3.8, 4) is 0 Å². The molecule has 1 atom stereocenters. The summed E-state index contributed by atoms with van der Waals surface area (Å²) < 4.78 is 7.92. The number of halogens is 1. The Morgan fingerprint density at radius 2 is 2.20 bits per heavy atom. The molecule has 0 saturated heterocycles. The van der Waals surface area contributed by atoms with Crippen molar-refractivity contribution in [3.63, 3.8) is 0 Å². The van der Waals surface area contributed by atoms with Crippen LogP contribution in [0, 0.1) is 0 Å². The van der Waals surface area contributed by atoms with Gasteiger partial charge in [0, 0.05) is 17.1 Å². The fourth-order valence-corrected chi connectivity index (χ4v) is 3.00. The van der Waals surface area contributed by atoms with Crippen molar-refractivity contribution in [2.24, 2.45) is 0 Å². The van der Waals surface area contributed by atoms with E-state index in [1.165, 1.54) is 0 Å². The number of nitrogens with zero attached hydrogens (tertiary/aromatic N) is 5. The Hall–Kier alpha value is -1.80. The first kappa shape index (κ1) is 19.5. The predicted molar refractivity (Wildman–Crippen MR) is 97.7 cm³/mol. The zero-order valence-electron chi connectivity index (χ0n) is 14.9. The van der Waals surface area contributed by atoms with E-state index < -0.39 is 0 Å². The van der Waals surface area contributed by atoms with Gasteiger partial charge in [0.05, 0.1) is 19.7 Å². The molecule has 1 aromatic heterocycles. The van der Waals surface area contributed by atoms with Gasteiger partial charge in [-0.2, -0.15) is 0 Å². The first-order valence-corrected chi connectivity index (χ1v) is 9.24. The number of carbonyl (C=O) groups excluding carboxylic acids is 1. The lowest BCUT2D eigenvalue weighted by Gasteiger charge is -2.28. The monoisotopic (exact) mass is 409 g/mol. The number of esters is 1. The minimum atomic E-state index is -0.251. The second-order valence-electron chi connectivity index (χ2n) is 5.76. The summed E-state index contributed by atoms with van der Waals surface area (Å²) in [6.45, 7) is 7.72. The molecule has 0 unspecified atom stereocenters. The van der Waals surface area contributed by atoms with Gasteiger partial charge in [0.15, 0.2) is 5.82 Å². The van der Waals surface area contributed by atoms with E-state index in [-0.39, 0.29) is 18.6 Å². The summed E-state index contributed by atoms with van der Waals surface area (Å²) in [4.78, 5) is 14.1. The third-order valence-electron chi connectivity index (χ3n) is 3.90. The average molecular weight is 410 g/mol. The standard InChI is InChI=1S/C17H24BrN5O2/c1-4-9-23-16(19-20-21-23)11-22(12-17(24)25-5-2)13(3)14-7-6-8-15(18)10-14/h6-8,10,13H,4-5,9,11-12H2,1-3H3/t13-/m1/s1. The van der Waals surface area contributed by atoms with Crippen molar-refractivity contribution in [3.05, 3.63) is 40.1 Å². The van der Waals surface area contributed by atoms with E-state index in [9.17, 15) is 4.79 Å². The zero-order valence-corrected chi connectivity index (χ0v) is 16.4. The molecule has 0 spiro atoms. The maximum atomic E-state index is 12.1. The molecule has 2 aromatic rings. The Balaban J connectivity index is 2.22. The fraction of sp³-hybridized carbons (Fsp3) is 0.529. The van der Waals surface area contributed by atoms with Crippen LogP contribution in [0.15, 0.2) is 28.7 Å². The topological polar surface area (TPSA) is 73.1 Å². The van der Waals surface area contributed by atoms with E-state index >= 15 is 0 Å². The van der Waals surface area contributed by atoms with E-state index in [0.717, 1.165) is 28.8 Å². The molecule has 2 rings (SSSR count). The molecule has 0 aliphatic heterocycles. The molecule has 0 radical (unpaired) electrons. The van der Waals surface area contributed by atoms with Crippen LogP contribution in [-0.2, 0) is 22.6 Å². The molecule has 1 heterocycles. The van der Waals surface area contributed by atoms with Crippen LogP contribution < -0.4 is 0 Å². The number of carbonyl (C=O) groups is 1. The summed E-state index contributed by atoms with van der Waals surface area (Å²) in [5.74, 6) is 0.492. The van der Waals surface area contributed by atoms with Gasteiger partial charge in [0.2, 0.25) is 0 Å². The molecule has 0 N–H and O–H groups in total. The van der Waals surface area contributed by atoms with E-state index in [4.69, 9.17) is 4.74 Å². The first-order chi connectivity index (χ1) is 12.0. The number of aromatic nitrogens is 4. The molecule has 0 fully saturated rings. The van der Waals surface area contributed by atoms with E-state index in [0.29, 0.717) is 13.2 Å². The van der Waals surface area contributed by atoms with Gasteiger partial charge < -0.3 is 4.74 Å². The van der Waals surface area contributed by atoms with Crippen LogP contribution in [0.25, 0.3) is 0 Å². The predicted octanol–water partition coefficient (Wildman–Crippen LogP) is 2.97. The molecular formula is C17H24BrN5O2. The molecule has 7 nitrogen and oxygen atoms in total. The molecule has 0 aliphatic carbocycles. The van der Waals surface area contributed by atoms with Gasteiger partial charge in [0.25, 0.3) is 0 Å². The molecular weight excluding hydrogens is 386 g/mol. The van der Waals surface area contributed by atoms with Crippen LogP contribution in [-0.4, -0.2) is 44.2 Å². The van der Waals surface area contributed by atoms with Crippen LogP contribution in [0.4, 0.5) is 0 Å². The van der Waals surface area contributed by atoms with E-state index in [1.54, 1.807) is 4.68 Å². The van der Waals surface area contributed by atoms with Crippen molar-refractivity contribution in [2.45, 2.75) is 46.3 Å². The SMILES string of the molecule is CCCn1nnnc1CN(CC(=O)OCC)[C@H](C)c1cccc(Br)c1. The summed E-state index contributed by atoms with van der Waals surface area (Å²) in [7, 11) is 0. The van der Waals surface area contributed by atoms with E-state index in [1.807, 2.05) is 30.0 Å². The maximum Gasteiger partial charge on any atom is 0.320 e. The Bertz CT molecular complexity index is 691. The number of hydrogen-bond acceptors (Lipinski definition) is 6. The summed E-state index contributed by atoms with van der Waals surface area (Å²) in [5.41, 5.74) is 1.10. The number of hydrogen-bond donors (Lipinski definition) is 0. The summed E-state index contributed by atoms with van der Waals surface area (Å²) in [6, 6.07) is 8.07. The third-order valence-corrected chi connectivity index (χ3v) is 4.40. The smallest absolute Gasteiger partial charge is 0.320 e. The van der Waals surface area contributed by atoms with Gasteiger partial charge in [-0.25, -0.2) is 4.68 Å². The molecule has 8 heteroatoms. The number of aryl methyl sites for hydroxylation is 1. The van der Waals surface area contributed by atoms with Crippen LogP contribution >= 0.6 is 15.9 Å². The Morgan fingerprint density at radius 1 is 1.40 bits per heavy atom. The molecule has 0 bridgehead atoms. The van der Waals surface area contributed by atoms with Crippen molar-refractivity contribution >= 4 is 21.9 Å². The highest BCUT2D eigenvalue weighted by Gasteiger charge is 2.22.